The first kappa shape index (κ1) is 15.5. The molecule has 6 heteroatoms. The average Bonchev–Trinajstić information content (AvgIpc) is 2.96. The lowest BCUT2D eigenvalue weighted by molar-refractivity contribution is 0.0827. The molecule has 0 bridgehead atoms. The standard InChI is InChI=1S/C16H17N3O3/c1-10(20)12-8-14(17-9-12)15(21)18-13-6-4-5-11(7-13)16(22)19(2)3/h4-9,17H,1-3H3,(H,18,21). The van der Waals surface area contributed by atoms with Crippen LogP contribution in [0.5, 0.6) is 0 Å². The van der Waals surface area contributed by atoms with Crippen LogP contribution in [-0.2, 0) is 0 Å². The Morgan fingerprint density at radius 2 is 1.82 bits per heavy atom. The molecule has 0 saturated heterocycles. The predicted octanol–water partition coefficient (Wildman–Crippen LogP) is 2.17. The number of nitrogens with zero attached hydrogens (tertiary/aromatic N) is 1. The summed E-state index contributed by atoms with van der Waals surface area (Å²) in [6.07, 6.45) is 1.49. The third kappa shape index (κ3) is 3.41. The number of amides is 2. The highest BCUT2D eigenvalue weighted by Gasteiger charge is 2.13. The summed E-state index contributed by atoms with van der Waals surface area (Å²) < 4.78 is 0. The number of aromatic amines is 1. The van der Waals surface area contributed by atoms with E-state index in [-0.39, 0.29) is 23.3 Å². The Morgan fingerprint density at radius 1 is 1.09 bits per heavy atom. The first-order chi connectivity index (χ1) is 10.4. The van der Waals surface area contributed by atoms with Gasteiger partial charge in [0, 0.05) is 37.1 Å². The Kier molecular flexibility index (Phi) is 4.41. The van der Waals surface area contributed by atoms with Gasteiger partial charge in [0.1, 0.15) is 5.69 Å². The van der Waals surface area contributed by atoms with Crippen LogP contribution >= 0.6 is 0 Å². The van der Waals surface area contributed by atoms with Crippen molar-refractivity contribution in [1.82, 2.24) is 9.88 Å². The number of aromatic nitrogens is 1. The molecule has 2 aromatic rings. The molecule has 2 amide bonds. The van der Waals surface area contributed by atoms with Gasteiger partial charge in [-0.15, -0.1) is 0 Å². The van der Waals surface area contributed by atoms with Crippen LogP contribution in [0.3, 0.4) is 0 Å². The van der Waals surface area contributed by atoms with Crippen LogP contribution in [0.2, 0.25) is 0 Å². The summed E-state index contributed by atoms with van der Waals surface area (Å²) in [5, 5.41) is 2.69. The number of H-pyrrole nitrogens is 1. The van der Waals surface area contributed by atoms with E-state index in [1.54, 1.807) is 38.4 Å². The monoisotopic (exact) mass is 299 g/mol. The second-order valence-electron chi connectivity index (χ2n) is 5.09. The summed E-state index contributed by atoms with van der Waals surface area (Å²) >= 11 is 0. The minimum atomic E-state index is -0.373. The summed E-state index contributed by atoms with van der Waals surface area (Å²) in [4.78, 5) is 39.5. The fourth-order valence-corrected chi connectivity index (χ4v) is 1.92. The van der Waals surface area contributed by atoms with Gasteiger partial charge in [0.15, 0.2) is 5.78 Å². The van der Waals surface area contributed by atoms with Crippen LogP contribution in [0, 0.1) is 0 Å². The van der Waals surface area contributed by atoms with Crippen LogP contribution in [0.15, 0.2) is 36.5 Å². The normalized spacial score (nSPS) is 10.1. The second-order valence-corrected chi connectivity index (χ2v) is 5.09. The maximum Gasteiger partial charge on any atom is 0.272 e. The molecular formula is C16H17N3O3. The second kappa shape index (κ2) is 6.26. The van der Waals surface area contributed by atoms with Gasteiger partial charge >= 0.3 is 0 Å². The van der Waals surface area contributed by atoms with Crippen molar-refractivity contribution in [2.24, 2.45) is 0 Å². The van der Waals surface area contributed by atoms with Gasteiger partial charge in [0.2, 0.25) is 0 Å². The summed E-state index contributed by atoms with van der Waals surface area (Å²) in [6.45, 7) is 1.43. The lowest BCUT2D eigenvalue weighted by Gasteiger charge is -2.11. The fraction of sp³-hybridized carbons (Fsp3) is 0.188. The van der Waals surface area contributed by atoms with Crippen LogP contribution < -0.4 is 5.32 Å². The number of ketones is 1. The minimum absolute atomic E-state index is 0.117. The molecule has 1 aromatic heterocycles. The van der Waals surface area contributed by atoms with Crippen LogP contribution in [0.1, 0.15) is 38.1 Å². The van der Waals surface area contributed by atoms with Gasteiger partial charge in [0.25, 0.3) is 11.8 Å². The Bertz CT molecular complexity index is 732. The van der Waals surface area contributed by atoms with Gasteiger partial charge in [-0.2, -0.15) is 0 Å². The molecule has 0 unspecified atom stereocenters. The van der Waals surface area contributed by atoms with Gasteiger partial charge in [-0.05, 0) is 31.2 Å². The van der Waals surface area contributed by atoms with Gasteiger partial charge in [-0.25, -0.2) is 0 Å². The number of rotatable bonds is 4. The maximum atomic E-state index is 12.1. The van der Waals surface area contributed by atoms with E-state index in [0.717, 1.165) is 0 Å². The molecular weight excluding hydrogens is 282 g/mol. The molecule has 1 heterocycles. The third-order valence-corrected chi connectivity index (χ3v) is 3.11. The number of carbonyl (C=O) groups is 3. The van der Waals surface area contributed by atoms with Crippen molar-refractivity contribution in [2.75, 3.05) is 19.4 Å². The SMILES string of the molecule is CC(=O)c1c[nH]c(C(=O)Nc2cccc(C(=O)N(C)C)c2)c1. The molecule has 6 nitrogen and oxygen atoms in total. The molecule has 0 fully saturated rings. The molecule has 0 spiro atoms. The molecule has 2 N–H and O–H groups in total. The van der Waals surface area contributed by atoms with Crippen molar-refractivity contribution < 1.29 is 14.4 Å². The van der Waals surface area contributed by atoms with Crippen molar-refractivity contribution >= 4 is 23.3 Å². The molecule has 0 saturated carbocycles. The quantitative estimate of drug-likeness (QED) is 0.849. The molecule has 0 aliphatic rings. The van der Waals surface area contributed by atoms with E-state index in [0.29, 0.717) is 16.8 Å². The van der Waals surface area contributed by atoms with Gasteiger partial charge in [-0.3, -0.25) is 14.4 Å². The van der Waals surface area contributed by atoms with E-state index in [9.17, 15) is 14.4 Å². The minimum Gasteiger partial charge on any atom is -0.356 e. The van der Waals surface area contributed by atoms with E-state index in [1.807, 2.05) is 0 Å². The highest BCUT2D eigenvalue weighted by Crippen LogP contribution is 2.14. The number of Topliss-reactive ketones (excluding diaryl/α,β-unsaturated/α-hetero) is 1. The van der Waals surface area contributed by atoms with Crippen molar-refractivity contribution in [3.05, 3.63) is 53.3 Å². The van der Waals surface area contributed by atoms with Gasteiger partial charge < -0.3 is 15.2 Å². The van der Waals surface area contributed by atoms with Gasteiger partial charge in [-0.1, -0.05) is 6.07 Å². The fourth-order valence-electron chi connectivity index (χ4n) is 1.92. The first-order valence-corrected chi connectivity index (χ1v) is 6.71. The molecule has 22 heavy (non-hydrogen) atoms. The average molecular weight is 299 g/mol. The number of benzene rings is 1. The molecule has 0 atom stereocenters. The number of hydrogen-bond acceptors (Lipinski definition) is 3. The number of carbonyl (C=O) groups excluding carboxylic acids is 3. The Balaban J connectivity index is 2.16. The molecule has 0 aliphatic carbocycles. The Hall–Kier alpha value is -2.89. The topological polar surface area (TPSA) is 82.3 Å². The zero-order valence-corrected chi connectivity index (χ0v) is 12.6. The smallest absolute Gasteiger partial charge is 0.272 e. The first-order valence-electron chi connectivity index (χ1n) is 6.71. The summed E-state index contributed by atoms with van der Waals surface area (Å²) in [5.74, 6) is -0.634. The van der Waals surface area contributed by atoms with Crippen molar-refractivity contribution in [2.45, 2.75) is 6.92 Å². The largest absolute Gasteiger partial charge is 0.356 e. The van der Waals surface area contributed by atoms with E-state index < -0.39 is 0 Å². The van der Waals surface area contributed by atoms with Crippen molar-refractivity contribution in [3.63, 3.8) is 0 Å². The molecule has 0 radical (unpaired) electrons. The van der Waals surface area contributed by atoms with E-state index in [2.05, 4.69) is 10.3 Å². The zero-order chi connectivity index (χ0) is 16.3. The summed E-state index contributed by atoms with van der Waals surface area (Å²) in [7, 11) is 3.33. The van der Waals surface area contributed by atoms with Crippen molar-refractivity contribution in [1.29, 1.82) is 0 Å². The van der Waals surface area contributed by atoms with E-state index >= 15 is 0 Å². The lowest BCUT2D eigenvalue weighted by atomic mass is 10.1. The molecule has 2 rings (SSSR count). The highest BCUT2D eigenvalue weighted by molar-refractivity contribution is 6.06. The maximum absolute atomic E-state index is 12.1. The lowest BCUT2D eigenvalue weighted by Crippen LogP contribution is -2.22. The van der Waals surface area contributed by atoms with Crippen LogP contribution in [-0.4, -0.2) is 41.6 Å². The van der Waals surface area contributed by atoms with Gasteiger partial charge in [0.05, 0.1) is 0 Å². The number of anilines is 1. The third-order valence-electron chi connectivity index (χ3n) is 3.11. The Labute approximate surface area is 128 Å². The van der Waals surface area contributed by atoms with Crippen LogP contribution in [0.25, 0.3) is 0 Å². The number of hydrogen-bond donors (Lipinski definition) is 2. The van der Waals surface area contributed by atoms with E-state index in [4.69, 9.17) is 0 Å². The summed E-state index contributed by atoms with van der Waals surface area (Å²) in [6, 6.07) is 8.17. The molecule has 0 aliphatic heterocycles. The summed E-state index contributed by atoms with van der Waals surface area (Å²) in [5.41, 5.74) is 1.73. The predicted molar refractivity (Wildman–Crippen MR) is 83.2 cm³/mol. The van der Waals surface area contributed by atoms with Crippen molar-refractivity contribution in [3.8, 4) is 0 Å². The Morgan fingerprint density at radius 3 is 2.41 bits per heavy atom. The molecule has 1 aromatic carbocycles. The van der Waals surface area contributed by atoms with E-state index in [1.165, 1.54) is 24.1 Å². The zero-order valence-electron chi connectivity index (χ0n) is 12.6. The molecule has 114 valence electrons. The highest BCUT2D eigenvalue weighted by atomic mass is 16.2. The number of nitrogens with one attached hydrogen (secondary N) is 2. The van der Waals surface area contributed by atoms with Crippen LogP contribution in [0.4, 0.5) is 5.69 Å².